The van der Waals surface area contributed by atoms with Gasteiger partial charge in [0.1, 0.15) is 5.75 Å². The van der Waals surface area contributed by atoms with Crippen LogP contribution >= 0.6 is 0 Å². The Kier molecular flexibility index (Phi) is 7.87. The molecule has 0 aliphatic heterocycles. The van der Waals surface area contributed by atoms with Crippen molar-refractivity contribution in [3.8, 4) is 5.75 Å². The Labute approximate surface area is 127 Å². The molecule has 0 atom stereocenters. The highest BCUT2D eigenvalue weighted by Crippen LogP contribution is 2.27. The maximum atomic E-state index is 11.1. The van der Waals surface area contributed by atoms with Gasteiger partial charge in [0.15, 0.2) is 0 Å². The molecular formula is C11H17N3O7S. The van der Waals surface area contributed by atoms with Crippen LogP contribution in [0.25, 0.3) is 0 Å². The number of nitrogens with two attached hydrogens (primary N) is 1. The van der Waals surface area contributed by atoms with E-state index in [1.807, 2.05) is 0 Å². The number of ether oxygens (including phenoxy) is 1. The number of methoxy groups -OCH3 is 1. The second kappa shape index (κ2) is 8.81. The van der Waals surface area contributed by atoms with Crippen molar-refractivity contribution in [3.05, 3.63) is 18.2 Å². The fraction of sp³-hybridized carbons (Fsp3) is 0.273. The second-order valence-corrected chi connectivity index (χ2v) is 5.06. The highest BCUT2D eigenvalue weighted by Gasteiger charge is 2.14. The smallest absolute Gasteiger partial charge is 0.319 e. The van der Waals surface area contributed by atoms with Crippen LogP contribution in [0.2, 0.25) is 0 Å². The normalized spacial score (nSPS) is 10.0. The zero-order valence-corrected chi connectivity index (χ0v) is 12.7. The number of urea groups is 1. The number of carboxylic acid groups (broad SMARTS) is 1. The van der Waals surface area contributed by atoms with Crippen molar-refractivity contribution in [2.24, 2.45) is 5.73 Å². The minimum absolute atomic E-state index is 0.141. The van der Waals surface area contributed by atoms with Crippen molar-refractivity contribution in [1.29, 1.82) is 0 Å². The molecule has 124 valence electrons. The lowest BCUT2D eigenvalue weighted by molar-refractivity contribution is -0.135. The van der Waals surface area contributed by atoms with Gasteiger partial charge >= 0.3 is 12.0 Å². The molecule has 22 heavy (non-hydrogen) atoms. The number of nitrogens with one attached hydrogen (secondary N) is 2. The average Bonchev–Trinajstić information content (AvgIpc) is 2.46. The van der Waals surface area contributed by atoms with E-state index in [4.69, 9.17) is 14.4 Å². The van der Waals surface area contributed by atoms with Gasteiger partial charge in [0.25, 0.3) is 10.1 Å². The molecule has 0 unspecified atom stereocenters. The van der Waals surface area contributed by atoms with Gasteiger partial charge in [0.2, 0.25) is 0 Å². The van der Waals surface area contributed by atoms with Crippen LogP contribution in [0.15, 0.2) is 23.1 Å². The summed E-state index contributed by atoms with van der Waals surface area (Å²) in [5, 5.41) is 12.3. The standard InChI is InChI=1S/C9H12N2O5S.C2H5NO2/c1-10-9(12)11-7-5-6(17(13,14)15)3-4-8(7)16-2;3-1-2(4)5/h3-5H,1-2H3,(H2,10,11,12)(H,13,14,15);1,3H2,(H,4,5). The first-order valence-corrected chi connectivity index (χ1v) is 7.15. The monoisotopic (exact) mass is 335 g/mol. The van der Waals surface area contributed by atoms with Gasteiger partial charge in [-0.05, 0) is 18.2 Å². The summed E-state index contributed by atoms with van der Waals surface area (Å²) in [6, 6.07) is 3.07. The lowest BCUT2D eigenvalue weighted by Crippen LogP contribution is -2.24. The molecule has 1 rings (SSSR count). The molecule has 0 aliphatic carbocycles. The Morgan fingerprint density at radius 3 is 2.27 bits per heavy atom. The number of rotatable bonds is 4. The third-order valence-electron chi connectivity index (χ3n) is 2.12. The van der Waals surface area contributed by atoms with Gasteiger partial charge in [-0.15, -0.1) is 0 Å². The zero-order chi connectivity index (χ0) is 17.3. The number of aliphatic carboxylic acids is 1. The first kappa shape index (κ1) is 19.6. The van der Waals surface area contributed by atoms with Crippen LogP contribution < -0.4 is 21.1 Å². The van der Waals surface area contributed by atoms with Crippen LogP contribution in [0.1, 0.15) is 0 Å². The minimum Gasteiger partial charge on any atom is -0.495 e. The molecule has 2 amide bonds. The molecule has 11 heteroatoms. The van der Waals surface area contributed by atoms with Crippen molar-refractivity contribution in [3.63, 3.8) is 0 Å². The molecule has 0 bridgehead atoms. The third kappa shape index (κ3) is 6.88. The molecule has 1 aromatic rings. The van der Waals surface area contributed by atoms with E-state index in [2.05, 4.69) is 16.4 Å². The van der Waals surface area contributed by atoms with Crippen molar-refractivity contribution in [1.82, 2.24) is 5.32 Å². The second-order valence-electron chi connectivity index (χ2n) is 3.64. The van der Waals surface area contributed by atoms with E-state index in [9.17, 15) is 18.0 Å². The number of hydrogen-bond donors (Lipinski definition) is 5. The fourth-order valence-electron chi connectivity index (χ4n) is 1.13. The number of amides is 2. The van der Waals surface area contributed by atoms with Crippen molar-refractivity contribution >= 4 is 27.8 Å². The molecule has 0 spiro atoms. The van der Waals surface area contributed by atoms with Gasteiger partial charge in [-0.1, -0.05) is 0 Å². The van der Waals surface area contributed by atoms with Crippen molar-refractivity contribution in [2.45, 2.75) is 4.90 Å². The summed E-state index contributed by atoms with van der Waals surface area (Å²) in [5.74, 6) is -0.689. The molecule has 0 saturated carbocycles. The molecule has 0 aromatic heterocycles. The largest absolute Gasteiger partial charge is 0.495 e. The van der Waals surface area contributed by atoms with E-state index < -0.39 is 22.1 Å². The van der Waals surface area contributed by atoms with Crippen LogP contribution in [-0.4, -0.2) is 50.8 Å². The van der Waals surface area contributed by atoms with Crippen LogP contribution in [0, 0.1) is 0 Å². The fourth-order valence-corrected chi connectivity index (χ4v) is 1.64. The minimum atomic E-state index is -4.32. The van der Waals surface area contributed by atoms with E-state index in [0.29, 0.717) is 0 Å². The Balaban J connectivity index is 0.000000763. The zero-order valence-electron chi connectivity index (χ0n) is 11.9. The van der Waals surface area contributed by atoms with E-state index in [0.717, 1.165) is 6.07 Å². The lowest BCUT2D eigenvalue weighted by atomic mass is 10.3. The Morgan fingerprint density at radius 1 is 1.36 bits per heavy atom. The number of carboxylic acids is 1. The summed E-state index contributed by atoms with van der Waals surface area (Å²) in [7, 11) is -1.54. The first-order chi connectivity index (χ1) is 10.1. The molecule has 0 saturated heterocycles. The third-order valence-corrected chi connectivity index (χ3v) is 2.97. The number of anilines is 1. The van der Waals surface area contributed by atoms with Gasteiger partial charge in [0, 0.05) is 7.05 Å². The van der Waals surface area contributed by atoms with Gasteiger partial charge in [-0.3, -0.25) is 9.35 Å². The molecular weight excluding hydrogens is 318 g/mol. The average molecular weight is 335 g/mol. The van der Waals surface area contributed by atoms with Gasteiger partial charge < -0.3 is 26.2 Å². The number of carbonyl (C=O) groups excluding carboxylic acids is 1. The van der Waals surface area contributed by atoms with Gasteiger partial charge in [0.05, 0.1) is 24.2 Å². The molecule has 6 N–H and O–H groups in total. The Hall–Kier alpha value is -2.37. The highest BCUT2D eigenvalue weighted by atomic mass is 32.2. The lowest BCUT2D eigenvalue weighted by Gasteiger charge is -2.10. The molecule has 0 heterocycles. The summed E-state index contributed by atoms with van der Waals surface area (Å²) >= 11 is 0. The predicted octanol–water partition coefficient (Wildman–Crippen LogP) is -0.277. The maximum absolute atomic E-state index is 11.1. The number of carbonyl (C=O) groups is 2. The van der Waals surface area contributed by atoms with Crippen LogP contribution in [0.5, 0.6) is 5.75 Å². The quantitative estimate of drug-likeness (QED) is 0.468. The first-order valence-electron chi connectivity index (χ1n) is 5.71. The molecule has 0 aliphatic rings. The summed E-state index contributed by atoms with van der Waals surface area (Å²) in [5.41, 5.74) is 4.71. The summed E-state index contributed by atoms with van der Waals surface area (Å²) in [6.07, 6.45) is 0. The van der Waals surface area contributed by atoms with Gasteiger partial charge in [-0.25, -0.2) is 4.79 Å². The van der Waals surface area contributed by atoms with E-state index in [1.165, 1.54) is 26.3 Å². The number of benzene rings is 1. The molecule has 10 nitrogen and oxygen atoms in total. The van der Waals surface area contributed by atoms with Crippen molar-refractivity contribution in [2.75, 3.05) is 26.0 Å². The Bertz CT molecular complexity index is 631. The summed E-state index contributed by atoms with van der Waals surface area (Å²) in [4.78, 5) is 20.0. The molecule has 1 aromatic carbocycles. The van der Waals surface area contributed by atoms with E-state index in [-0.39, 0.29) is 22.9 Å². The highest BCUT2D eigenvalue weighted by molar-refractivity contribution is 7.85. The topological polar surface area (TPSA) is 168 Å². The van der Waals surface area contributed by atoms with Crippen LogP contribution in [0.3, 0.4) is 0 Å². The summed E-state index contributed by atoms with van der Waals surface area (Å²) < 4.78 is 35.7. The van der Waals surface area contributed by atoms with E-state index in [1.54, 1.807) is 0 Å². The SMILES string of the molecule is CNC(=O)Nc1cc(S(=O)(=O)O)ccc1OC.NCC(=O)O. The Morgan fingerprint density at radius 2 is 1.91 bits per heavy atom. The number of hydrogen-bond acceptors (Lipinski definition) is 6. The maximum Gasteiger partial charge on any atom is 0.319 e. The molecule has 0 radical (unpaired) electrons. The van der Waals surface area contributed by atoms with Crippen LogP contribution in [0.4, 0.5) is 10.5 Å². The van der Waals surface area contributed by atoms with Gasteiger partial charge in [-0.2, -0.15) is 8.42 Å². The van der Waals surface area contributed by atoms with Crippen molar-refractivity contribution < 1.29 is 32.4 Å². The van der Waals surface area contributed by atoms with Crippen LogP contribution in [-0.2, 0) is 14.9 Å². The predicted molar refractivity (Wildman–Crippen MR) is 77.6 cm³/mol. The molecule has 0 fully saturated rings. The summed E-state index contributed by atoms with van der Waals surface area (Å²) in [6.45, 7) is -0.278. The van der Waals surface area contributed by atoms with E-state index >= 15 is 0 Å².